The van der Waals surface area contributed by atoms with Crippen LogP contribution in [-0.4, -0.2) is 27.0 Å². The van der Waals surface area contributed by atoms with E-state index in [4.69, 9.17) is 9.57 Å². The first-order chi connectivity index (χ1) is 19.2. The number of aromatic nitrogens is 2. The molecule has 3 aromatic carbocycles. The largest absolute Gasteiger partial charge is 0.481 e. The van der Waals surface area contributed by atoms with E-state index in [9.17, 15) is 9.90 Å². The summed E-state index contributed by atoms with van der Waals surface area (Å²) in [5.74, 6) is 0.304. The molecule has 0 saturated heterocycles. The third-order valence-electron chi connectivity index (χ3n) is 7.03. The molecule has 0 saturated carbocycles. The standard InChI is InChI=1S/C33H37N3O4/c1-23(2)18-25-10-14-28(15-11-25)31(29-20-34-35-21-29)40-30-16-12-26(13-17-30)19-33(4,32(37)38)24(3)36-39-22-27-8-6-5-7-9-27/h5-17,20-21,23,31H,18-19,22H2,1-4H3,(H,34,35)(H,37,38). The second-order valence-corrected chi connectivity index (χ2v) is 10.8. The summed E-state index contributed by atoms with van der Waals surface area (Å²) >= 11 is 0. The van der Waals surface area contributed by atoms with Gasteiger partial charge in [-0.3, -0.25) is 9.89 Å². The lowest BCUT2D eigenvalue weighted by molar-refractivity contribution is -0.144. The number of oxime groups is 1. The normalized spacial score (nSPS) is 14.0. The van der Waals surface area contributed by atoms with E-state index in [0.29, 0.717) is 17.4 Å². The number of benzene rings is 3. The predicted molar refractivity (Wildman–Crippen MR) is 156 cm³/mol. The van der Waals surface area contributed by atoms with Crippen molar-refractivity contribution in [2.45, 2.75) is 53.2 Å². The minimum Gasteiger partial charge on any atom is -0.481 e. The van der Waals surface area contributed by atoms with Gasteiger partial charge in [0.15, 0.2) is 6.10 Å². The molecule has 2 atom stereocenters. The molecular formula is C33H37N3O4. The lowest BCUT2D eigenvalue weighted by atomic mass is 9.80. The van der Waals surface area contributed by atoms with Crippen molar-refractivity contribution < 1.29 is 19.5 Å². The molecule has 7 nitrogen and oxygen atoms in total. The van der Waals surface area contributed by atoms with Crippen LogP contribution in [0.25, 0.3) is 0 Å². The maximum atomic E-state index is 12.3. The van der Waals surface area contributed by atoms with Crippen molar-refractivity contribution in [2.24, 2.45) is 16.5 Å². The SMILES string of the molecule is CC(=NOCc1ccccc1)C(C)(Cc1ccc(OC(c2ccc(CC(C)C)cc2)c2cn[nH]c2)cc1)C(=O)O. The minimum atomic E-state index is -1.23. The highest BCUT2D eigenvalue weighted by Crippen LogP contribution is 2.31. The number of H-pyrrole nitrogens is 1. The summed E-state index contributed by atoms with van der Waals surface area (Å²) in [5.41, 5.74) is 4.23. The van der Waals surface area contributed by atoms with Gasteiger partial charge in [0.2, 0.25) is 0 Å². The van der Waals surface area contributed by atoms with Crippen LogP contribution in [0.4, 0.5) is 0 Å². The van der Waals surface area contributed by atoms with E-state index >= 15 is 0 Å². The van der Waals surface area contributed by atoms with Gasteiger partial charge in [-0.25, -0.2) is 0 Å². The molecule has 0 bridgehead atoms. The number of ether oxygens (including phenoxy) is 1. The quantitative estimate of drug-likeness (QED) is 0.141. The van der Waals surface area contributed by atoms with Crippen LogP contribution in [0.1, 0.15) is 61.6 Å². The van der Waals surface area contributed by atoms with E-state index in [1.165, 1.54) is 5.56 Å². The first kappa shape index (κ1) is 28.6. The van der Waals surface area contributed by atoms with Gasteiger partial charge in [0.05, 0.1) is 11.9 Å². The van der Waals surface area contributed by atoms with Crippen LogP contribution in [0.3, 0.4) is 0 Å². The van der Waals surface area contributed by atoms with Crippen molar-refractivity contribution in [2.75, 3.05) is 0 Å². The number of hydrogen-bond acceptors (Lipinski definition) is 5. The fourth-order valence-electron chi connectivity index (χ4n) is 4.50. The molecule has 40 heavy (non-hydrogen) atoms. The van der Waals surface area contributed by atoms with Crippen molar-refractivity contribution in [3.8, 4) is 5.75 Å². The number of aliphatic carboxylic acids is 1. The number of carbonyl (C=O) groups is 1. The van der Waals surface area contributed by atoms with Gasteiger partial charge in [-0.15, -0.1) is 0 Å². The lowest BCUT2D eigenvalue weighted by Gasteiger charge is -2.25. The van der Waals surface area contributed by atoms with Gasteiger partial charge >= 0.3 is 5.97 Å². The Bertz CT molecular complexity index is 1380. The highest BCUT2D eigenvalue weighted by atomic mass is 16.6. The number of rotatable bonds is 13. The smallest absolute Gasteiger partial charge is 0.315 e. The highest BCUT2D eigenvalue weighted by Gasteiger charge is 2.37. The molecule has 4 aromatic rings. The Balaban J connectivity index is 1.46. The summed E-state index contributed by atoms with van der Waals surface area (Å²) in [7, 11) is 0. The summed E-state index contributed by atoms with van der Waals surface area (Å²) < 4.78 is 6.42. The van der Waals surface area contributed by atoms with Gasteiger partial charge in [-0.2, -0.15) is 5.10 Å². The molecule has 2 unspecified atom stereocenters. The average molecular weight is 540 g/mol. The second kappa shape index (κ2) is 13.1. The first-order valence-electron chi connectivity index (χ1n) is 13.5. The van der Waals surface area contributed by atoms with Crippen LogP contribution >= 0.6 is 0 Å². The van der Waals surface area contributed by atoms with Crippen molar-refractivity contribution in [3.63, 3.8) is 0 Å². The van der Waals surface area contributed by atoms with Gasteiger partial charge in [0.25, 0.3) is 0 Å². The molecule has 1 aromatic heterocycles. The molecule has 4 rings (SSSR count). The van der Waals surface area contributed by atoms with Crippen molar-refractivity contribution in [3.05, 3.63) is 119 Å². The van der Waals surface area contributed by atoms with Crippen LogP contribution in [0, 0.1) is 11.3 Å². The summed E-state index contributed by atoms with van der Waals surface area (Å²) in [4.78, 5) is 17.8. The molecule has 2 N–H and O–H groups in total. The Hall–Kier alpha value is -4.39. The van der Waals surface area contributed by atoms with Crippen LogP contribution < -0.4 is 4.74 Å². The first-order valence-corrected chi connectivity index (χ1v) is 13.5. The topological polar surface area (TPSA) is 96.8 Å². The van der Waals surface area contributed by atoms with Crippen LogP contribution in [0.15, 0.2) is 96.4 Å². The Labute approximate surface area is 235 Å². The second-order valence-electron chi connectivity index (χ2n) is 10.8. The minimum absolute atomic E-state index is 0.259. The third kappa shape index (κ3) is 7.38. The molecule has 208 valence electrons. The monoisotopic (exact) mass is 539 g/mol. The van der Waals surface area contributed by atoms with E-state index in [1.54, 1.807) is 20.0 Å². The number of carboxylic acids is 1. The van der Waals surface area contributed by atoms with Crippen LogP contribution in [-0.2, 0) is 29.1 Å². The fraction of sp³-hybridized carbons (Fsp3) is 0.303. The van der Waals surface area contributed by atoms with Crippen molar-refractivity contribution in [1.82, 2.24) is 10.2 Å². The summed E-state index contributed by atoms with van der Waals surface area (Å²) in [6, 6.07) is 25.7. The third-order valence-corrected chi connectivity index (χ3v) is 7.03. The van der Waals surface area contributed by atoms with Crippen LogP contribution in [0.5, 0.6) is 5.75 Å². The predicted octanol–water partition coefficient (Wildman–Crippen LogP) is 7.00. The van der Waals surface area contributed by atoms with Gasteiger partial charge in [0.1, 0.15) is 17.8 Å². The zero-order valence-electron chi connectivity index (χ0n) is 23.5. The van der Waals surface area contributed by atoms with E-state index in [-0.39, 0.29) is 19.1 Å². The lowest BCUT2D eigenvalue weighted by Crippen LogP contribution is -2.37. The van der Waals surface area contributed by atoms with Gasteiger partial charge in [-0.1, -0.05) is 85.7 Å². The number of carboxylic acid groups (broad SMARTS) is 1. The summed E-state index contributed by atoms with van der Waals surface area (Å²) in [6.45, 7) is 8.06. The maximum absolute atomic E-state index is 12.3. The van der Waals surface area contributed by atoms with E-state index in [1.807, 2.05) is 60.8 Å². The van der Waals surface area contributed by atoms with Crippen molar-refractivity contribution >= 4 is 11.7 Å². The molecule has 0 aliphatic carbocycles. The Kier molecular flexibility index (Phi) is 9.38. The van der Waals surface area contributed by atoms with Crippen molar-refractivity contribution in [1.29, 1.82) is 0 Å². The molecule has 0 radical (unpaired) electrons. The molecular weight excluding hydrogens is 502 g/mol. The number of aromatic amines is 1. The number of hydrogen-bond donors (Lipinski definition) is 2. The Morgan fingerprint density at radius 1 is 0.950 bits per heavy atom. The molecule has 7 heteroatoms. The number of nitrogens with zero attached hydrogens (tertiary/aromatic N) is 2. The molecule has 0 aliphatic heterocycles. The molecule has 0 spiro atoms. The Morgan fingerprint density at radius 3 is 2.23 bits per heavy atom. The van der Waals surface area contributed by atoms with E-state index in [0.717, 1.165) is 28.7 Å². The summed E-state index contributed by atoms with van der Waals surface area (Å²) in [6.07, 6.45) is 4.55. The van der Waals surface area contributed by atoms with Crippen LogP contribution in [0.2, 0.25) is 0 Å². The van der Waals surface area contributed by atoms with Gasteiger partial charge < -0.3 is 14.7 Å². The van der Waals surface area contributed by atoms with E-state index in [2.05, 4.69) is 53.5 Å². The zero-order chi connectivity index (χ0) is 28.5. The summed E-state index contributed by atoms with van der Waals surface area (Å²) in [5, 5.41) is 21.2. The molecule has 0 fully saturated rings. The Morgan fingerprint density at radius 2 is 1.62 bits per heavy atom. The maximum Gasteiger partial charge on any atom is 0.315 e. The van der Waals surface area contributed by atoms with E-state index < -0.39 is 11.4 Å². The molecule has 0 aliphatic rings. The fourth-order valence-corrected chi connectivity index (χ4v) is 4.50. The average Bonchev–Trinajstić information content (AvgIpc) is 3.48. The molecule has 0 amide bonds. The van der Waals surface area contributed by atoms with Gasteiger partial charge in [0, 0.05) is 11.8 Å². The molecule has 1 heterocycles. The zero-order valence-corrected chi connectivity index (χ0v) is 23.5. The van der Waals surface area contributed by atoms with Gasteiger partial charge in [-0.05, 0) is 67.0 Å². The number of nitrogens with one attached hydrogen (secondary N) is 1. The highest BCUT2D eigenvalue weighted by molar-refractivity contribution is 6.04.